The number of sulfonamides is 1. The number of Topliss-reactive ketones (excluding diaryl/α,β-unsaturated/α-hetero) is 1. The molecule has 0 spiro atoms. The molecule has 1 aromatic rings. The SMILES string of the molecule is CC(=O)C1CCCN(S(=O)(=O)c2cccc(Cl)c2)C1. The molecule has 2 rings (SSSR count). The van der Waals surface area contributed by atoms with E-state index in [-0.39, 0.29) is 23.1 Å². The van der Waals surface area contributed by atoms with Gasteiger partial charge in [-0.25, -0.2) is 8.42 Å². The molecule has 4 nitrogen and oxygen atoms in total. The molecule has 1 saturated heterocycles. The Kier molecular flexibility index (Phi) is 4.28. The molecular weight excluding hydrogens is 286 g/mol. The van der Waals surface area contributed by atoms with Gasteiger partial charge in [0.15, 0.2) is 0 Å². The number of piperidine rings is 1. The van der Waals surface area contributed by atoms with Crippen LogP contribution in [0.3, 0.4) is 0 Å². The first-order valence-corrected chi connectivity index (χ1v) is 7.99. The zero-order chi connectivity index (χ0) is 14.0. The fraction of sp³-hybridized carbons (Fsp3) is 0.462. The van der Waals surface area contributed by atoms with E-state index in [9.17, 15) is 13.2 Å². The molecule has 1 unspecified atom stereocenters. The summed E-state index contributed by atoms with van der Waals surface area (Å²) in [5.41, 5.74) is 0. The predicted octanol–water partition coefficient (Wildman–Crippen LogP) is 2.33. The largest absolute Gasteiger partial charge is 0.300 e. The van der Waals surface area contributed by atoms with E-state index in [0.29, 0.717) is 18.0 Å². The molecule has 1 aliphatic rings. The topological polar surface area (TPSA) is 54.5 Å². The van der Waals surface area contributed by atoms with Crippen LogP contribution in [0.1, 0.15) is 19.8 Å². The van der Waals surface area contributed by atoms with Crippen molar-refractivity contribution >= 4 is 27.4 Å². The third-order valence-corrected chi connectivity index (χ3v) is 5.49. The number of ketones is 1. The monoisotopic (exact) mass is 301 g/mol. The highest BCUT2D eigenvalue weighted by molar-refractivity contribution is 7.89. The van der Waals surface area contributed by atoms with Crippen LogP contribution in [0.15, 0.2) is 29.2 Å². The van der Waals surface area contributed by atoms with Crippen LogP contribution < -0.4 is 0 Å². The van der Waals surface area contributed by atoms with Gasteiger partial charge in [-0.2, -0.15) is 4.31 Å². The molecule has 104 valence electrons. The molecule has 1 fully saturated rings. The van der Waals surface area contributed by atoms with Crippen LogP contribution in [-0.4, -0.2) is 31.6 Å². The van der Waals surface area contributed by atoms with Gasteiger partial charge in [0, 0.05) is 24.0 Å². The van der Waals surface area contributed by atoms with Crippen molar-refractivity contribution in [1.82, 2.24) is 4.31 Å². The fourth-order valence-corrected chi connectivity index (χ4v) is 4.09. The van der Waals surface area contributed by atoms with Crippen molar-refractivity contribution in [1.29, 1.82) is 0 Å². The van der Waals surface area contributed by atoms with Crippen LogP contribution in [-0.2, 0) is 14.8 Å². The van der Waals surface area contributed by atoms with Crippen LogP contribution in [0.2, 0.25) is 5.02 Å². The van der Waals surface area contributed by atoms with Crippen LogP contribution in [0, 0.1) is 5.92 Å². The first-order valence-electron chi connectivity index (χ1n) is 6.17. The standard InChI is InChI=1S/C13H16ClNO3S/c1-10(16)11-4-3-7-15(9-11)19(17,18)13-6-2-5-12(14)8-13/h2,5-6,8,11H,3-4,7,9H2,1H3. The number of halogens is 1. The quantitative estimate of drug-likeness (QED) is 0.861. The fourth-order valence-electron chi connectivity index (χ4n) is 2.27. The summed E-state index contributed by atoms with van der Waals surface area (Å²) >= 11 is 5.83. The van der Waals surface area contributed by atoms with Gasteiger partial charge in [0.1, 0.15) is 5.78 Å². The number of nitrogens with zero attached hydrogens (tertiary/aromatic N) is 1. The summed E-state index contributed by atoms with van der Waals surface area (Å²) in [6.07, 6.45) is 1.47. The molecular formula is C13H16ClNO3S. The third-order valence-electron chi connectivity index (χ3n) is 3.39. The minimum absolute atomic E-state index is 0.0472. The summed E-state index contributed by atoms with van der Waals surface area (Å²) in [5, 5.41) is 0.390. The highest BCUT2D eigenvalue weighted by Gasteiger charge is 2.31. The maximum atomic E-state index is 12.5. The van der Waals surface area contributed by atoms with Crippen molar-refractivity contribution < 1.29 is 13.2 Å². The Morgan fingerprint density at radius 2 is 2.16 bits per heavy atom. The summed E-state index contributed by atoms with van der Waals surface area (Å²) in [7, 11) is -3.55. The number of benzene rings is 1. The Morgan fingerprint density at radius 3 is 2.79 bits per heavy atom. The summed E-state index contributed by atoms with van der Waals surface area (Å²) < 4.78 is 26.3. The first-order chi connectivity index (χ1) is 8.91. The molecule has 0 saturated carbocycles. The van der Waals surface area contributed by atoms with Crippen molar-refractivity contribution in [2.24, 2.45) is 5.92 Å². The number of carbonyl (C=O) groups is 1. The molecule has 19 heavy (non-hydrogen) atoms. The molecule has 0 N–H and O–H groups in total. The predicted molar refractivity (Wildman–Crippen MR) is 73.6 cm³/mol. The average Bonchev–Trinajstić information content (AvgIpc) is 2.39. The first kappa shape index (κ1) is 14.5. The molecule has 0 aliphatic carbocycles. The molecule has 1 atom stereocenters. The van der Waals surface area contributed by atoms with Gasteiger partial charge in [-0.1, -0.05) is 17.7 Å². The number of hydrogen-bond acceptors (Lipinski definition) is 3. The van der Waals surface area contributed by atoms with Gasteiger partial charge in [0.2, 0.25) is 10.0 Å². The smallest absolute Gasteiger partial charge is 0.243 e. The lowest BCUT2D eigenvalue weighted by Crippen LogP contribution is -2.41. The summed E-state index contributed by atoms with van der Waals surface area (Å²) in [6, 6.07) is 6.21. The summed E-state index contributed by atoms with van der Waals surface area (Å²) in [6.45, 7) is 2.24. The maximum Gasteiger partial charge on any atom is 0.243 e. The van der Waals surface area contributed by atoms with Gasteiger partial charge in [-0.05, 0) is 38.0 Å². The van der Waals surface area contributed by atoms with E-state index in [1.807, 2.05) is 0 Å². The minimum atomic E-state index is -3.55. The molecule has 1 heterocycles. The van der Waals surface area contributed by atoms with Crippen LogP contribution in [0.4, 0.5) is 0 Å². The zero-order valence-corrected chi connectivity index (χ0v) is 12.2. The second kappa shape index (κ2) is 5.61. The Labute approximate surface area is 118 Å². The van der Waals surface area contributed by atoms with Crippen molar-refractivity contribution in [3.8, 4) is 0 Å². The van der Waals surface area contributed by atoms with Gasteiger partial charge in [-0.15, -0.1) is 0 Å². The highest BCUT2D eigenvalue weighted by Crippen LogP contribution is 2.25. The third kappa shape index (κ3) is 3.16. The molecule has 0 aromatic heterocycles. The van der Waals surface area contributed by atoms with E-state index in [1.54, 1.807) is 12.1 Å². The van der Waals surface area contributed by atoms with E-state index in [0.717, 1.165) is 6.42 Å². The Morgan fingerprint density at radius 1 is 1.42 bits per heavy atom. The van der Waals surface area contributed by atoms with E-state index >= 15 is 0 Å². The lowest BCUT2D eigenvalue weighted by atomic mass is 9.96. The second-order valence-electron chi connectivity index (χ2n) is 4.77. The van der Waals surface area contributed by atoms with Crippen LogP contribution in [0.25, 0.3) is 0 Å². The molecule has 6 heteroatoms. The summed E-state index contributed by atoms with van der Waals surface area (Å²) in [5.74, 6) is -0.145. The van der Waals surface area contributed by atoms with Gasteiger partial charge in [-0.3, -0.25) is 4.79 Å². The van der Waals surface area contributed by atoms with Crippen LogP contribution in [0.5, 0.6) is 0 Å². The van der Waals surface area contributed by atoms with Crippen LogP contribution >= 0.6 is 11.6 Å². The van der Waals surface area contributed by atoms with Crippen molar-refractivity contribution in [3.63, 3.8) is 0 Å². The Balaban J connectivity index is 2.27. The van der Waals surface area contributed by atoms with E-state index in [4.69, 9.17) is 11.6 Å². The number of carbonyl (C=O) groups excluding carboxylic acids is 1. The second-order valence-corrected chi connectivity index (χ2v) is 7.14. The van der Waals surface area contributed by atoms with Crippen molar-refractivity contribution in [3.05, 3.63) is 29.3 Å². The zero-order valence-electron chi connectivity index (χ0n) is 10.7. The summed E-state index contributed by atoms with van der Waals surface area (Å²) in [4.78, 5) is 11.6. The van der Waals surface area contributed by atoms with E-state index < -0.39 is 10.0 Å². The van der Waals surface area contributed by atoms with Crippen molar-refractivity contribution in [2.75, 3.05) is 13.1 Å². The Hall–Kier alpha value is -0.910. The maximum absolute atomic E-state index is 12.5. The highest BCUT2D eigenvalue weighted by atomic mass is 35.5. The molecule has 1 aromatic carbocycles. The normalized spacial score (nSPS) is 21.3. The molecule has 0 amide bonds. The number of rotatable bonds is 3. The Bertz CT molecular complexity index is 585. The van der Waals surface area contributed by atoms with Gasteiger partial charge in [0.05, 0.1) is 4.90 Å². The van der Waals surface area contributed by atoms with Crippen molar-refractivity contribution in [2.45, 2.75) is 24.7 Å². The minimum Gasteiger partial charge on any atom is -0.300 e. The molecule has 1 aliphatic heterocycles. The van der Waals surface area contributed by atoms with Gasteiger partial charge < -0.3 is 0 Å². The molecule has 0 radical (unpaired) electrons. The lowest BCUT2D eigenvalue weighted by Gasteiger charge is -2.30. The van der Waals surface area contributed by atoms with E-state index in [1.165, 1.54) is 23.4 Å². The lowest BCUT2D eigenvalue weighted by molar-refractivity contribution is -0.121. The molecule has 0 bridgehead atoms. The average molecular weight is 302 g/mol. The van der Waals surface area contributed by atoms with Gasteiger partial charge in [0.25, 0.3) is 0 Å². The number of hydrogen-bond donors (Lipinski definition) is 0. The van der Waals surface area contributed by atoms with Gasteiger partial charge >= 0.3 is 0 Å². The van der Waals surface area contributed by atoms with E-state index in [2.05, 4.69) is 0 Å².